The van der Waals surface area contributed by atoms with Gasteiger partial charge in [0.1, 0.15) is 15.5 Å². The van der Waals surface area contributed by atoms with Gasteiger partial charge >= 0.3 is 6.03 Å². The number of benzene rings is 2. The maximum atomic E-state index is 13.5. The second-order valence-electron chi connectivity index (χ2n) is 9.30. The lowest BCUT2D eigenvalue weighted by Gasteiger charge is -2.30. The van der Waals surface area contributed by atoms with Crippen molar-refractivity contribution in [1.29, 1.82) is 0 Å². The molecule has 3 amide bonds. The Morgan fingerprint density at radius 1 is 1.16 bits per heavy atom. The lowest BCUT2D eigenvalue weighted by Crippen LogP contribution is -2.45. The number of carbonyl (C=O) groups excluding carboxylic acids is 2. The number of ether oxygens (including phenoxy) is 2. The van der Waals surface area contributed by atoms with E-state index in [-0.39, 0.29) is 18.0 Å². The van der Waals surface area contributed by atoms with E-state index in [4.69, 9.17) is 9.47 Å². The van der Waals surface area contributed by atoms with Gasteiger partial charge in [-0.15, -0.1) is 11.3 Å². The van der Waals surface area contributed by atoms with Gasteiger partial charge in [-0.3, -0.25) is 9.69 Å². The Hall–Kier alpha value is -4.15. The monoisotopic (exact) mass is 529 g/mol. The number of aromatic nitrogens is 1. The number of para-hydroxylation sites is 2. The zero-order valence-electron chi connectivity index (χ0n) is 21.0. The number of pyridine rings is 1. The Balaban J connectivity index is 1.33. The van der Waals surface area contributed by atoms with Crippen LogP contribution in [0.15, 0.2) is 54.7 Å². The van der Waals surface area contributed by atoms with Gasteiger partial charge in [0.25, 0.3) is 5.91 Å². The van der Waals surface area contributed by atoms with Crippen LogP contribution < -0.4 is 30.3 Å². The van der Waals surface area contributed by atoms with Gasteiger partial charge in [0.05, 0.1) is 29.6 Å². The van der Waals surface area contributed by atoms with E-state index in [1.54, 1.807) is 18.2 Å². The molecular weight excluding hydrogens is 502 g/mol. The molecule has 4 aromatic rings. The lowest BCUT2D eigenvalue weighted by atomic mass is 10.1. The standard InChI is InChI=1S/C28H27N5O4S/c1-16-14-18(37-22-8-4-3-7-21(22)36-2)9-10-19(16)33-20-11-13-30-27-23(20)24(32-28(33)35)25(38-27)26(34)31-17-6-5-12-29-15-17/h3-4,7-11,13-14,17,29H,5-6,12,15H2,1-2H3,(H,31,34)(H,32,35)/t17-/m1/s1. The van der Waals surface area contributed by atoms with Crippen LogP contribution in [-0.4, -0.2) is 43.2 Å². The second kappa shape index (κ2) is 9.96. The smallest absolute Gasteiger partial charge is 0.331 e. The first-order valence-electron chi connectivity index (χ1n) is 12.5. The second-order valence-corrected chi connectivity index (χ2v) is 10.3. The number of hydrogen-bond donors (Lipinski definition) is 3. The van der Waals surface area contributed by atoms with Crippen LogP contribution in [0.1, 0.15) is 28.1 Å². The van der Waals surface area contributed by atoms with Gasteiger partial charge in [-0.2, -0.15) is 0 Å². The van der Waals surface area contributed by atoms with Crippen molar-refractivity contribution in [3.05, 3.63) is 65.2 Å². The quantitative estimate of drug-likeness (QED) is 0.302. The number of aryl methyl sites for hydroxylation is 1. The number of rotatable bonds is 6. The fraction of sp³-hybridized carbons (Fsp3) is 0.250. The molecule has 1 atom stereocenters. The third-order valence-corrected chi connectivity index (χ3v) is 7.89. The van der Waals surface area contributed by atoms with Crippen LogP contribution in [0.25, 0.3) is 10.2 Å². The van der Waals surface area contributed by atoms with Gasteiger partial charge in [-0.05, 0) is 68.3 Å². The molecule has 6 rings (SSSR count). The number of methoxy groups -OCH3 is 1. The zero-order chi connectivity index (χ0) is 26.2. The molecule has 0 unspecified atom stereocenters. The molecule has 2 aliphatic heterocycles. The predicted octanol–water partition coefficient (Wildman–Crippen LogP) is 5.57. The number of urea groups is 1. The summed E-state index contributed by atoms with van der Waals surface area (Å²) in [5.74, 6) is 1.67. The summed E-state index contributed by atoms with van der Waals surface area (Å²) < 4.78 is 11.4. The van der Waals surface area contributed by atoms with Crippen molar-refractivity contribution in [2.75, 3.05) is 30.4 Å². The number of amides is 3. The maximum Gasteiger partial charge on any atom is 0.331 e. The highest BCUT2D eigenvalue weighted by atomic mass is 32.1. The van der Waals surface area contributed by atoms with Gasteiger partial charge in [0.15, 0.2) is 11.5 Å². The largest absolute Gasteiger partial charge is 0.493 e. The highest BCUT2D eigenvalue weighted by Crippen LogP contribution is 2.46. The average Bonchev–Trinajstić information content (AvgIpc) is 3.30. The number of hydrogen-bond acceptors (Lipinski definition) is 7. The first-order valence-corrected chi connectivity index (χ1v) is 13.3. The van der Waals surface area contributed by atoms with Crippen LogP contribution >= 0.6 is 11.3 Å². The van der Waals surface area contributed by atoms with E-state index >= 15 is 0 Å². The third-order valence-electron chi connectivity index (χ3n) is 6.79. The van der Waals surface area contributed by atoms with Gasteiger partial charge < -0.3 is 25.4 Å². The summed E-state index contributed by atoms with van der Waals surface area (Å²) in [5.41, 5.74) is 2.76. The zero-order valence-corrected chi connectivity index (χ0v) is 21.9. The first kappa shape index (κ1) is 24.2. The van der Waals surface area contributed by atoms with Crippen LogP contribution in [0.2, 0.25) is 0 Å². The first-order chi connectivity index (χ1) is 18.5. The summed E-state index contributed by atoms with van der Waals surface area (Å²) in [6, 6.07) is 14.5. The molecule has 0 bridgehead atoms. The number of carbonyl (C=O) groups is 2. The Labute approximate surface area is 223 Å². The molecule has 1 saturated heterocycles. The van der Waals surface area contributed by atoms with E-state index in [9.17, 15) is 9.59 Å². The Kier molecular flexibility index (Phi) is 6.34. The Morgan fingerprint density at radius 2 is 2.00 bits per heavy atom. The molecule has 38 heavy (non-hydrogen) atoms. The van der Waals surface area contributed by atoms with Crippen molar-refractivity contribution in [3.63, 3.8) is 0 Å². The molecule has 3 N–H and O–H groups in total. The molecule has 0 spiro atoms. The van der Waals surface area contributed by atoms with Gasteiger partial charge in [-0.1, -0.05) is 12.1 Å². The summed E-state index contributed by atoms with van der Waals surface area (Å²) in [6.45, 7) is 3.63. The van der Waals surface area contributed by atoms with Crippen LogP contribution in [-0.2, 0) is 0 Å². The predicted molar refractivity (Wildman–Crippen MR) is 148 cm³/mol. The van der Waals surface area contributed by atoms with E-state index in [1.807, 2.05) is 55.5 Å². The molecule has 0 aliphatic carbocycles. The molecule has 10 heteroatoms. The number of piperidine rings is 1. The maximum absolute atomic E-state index is 13.5. The summed E-state index contributed by atoms with van der Waals surface area (Å²) >= 11 is 1.29. The van der Waals surface area contributed by atoms with E-state index in [0.29, 0.717) is 44.0 Å². The van der Waals surface area contributed by atoms with Crippen LogP contribution in [0, 0.1) is 6.92 Å². The van der Waals surface area contributed by atoms with Gasteiger partial charge in [-0.25, -0.2) is 9.78 Å². The molecule has 194 valence electrons. The lowest BCUT2D eigenvalue weighted by molar-refractivity contribution is 0.0935. The van der Waals surface area contributed by atoms with Crippen molar-refractivity contribution in [2.24, 2.45) is 0 Å². The molecular formula is C28H27N5O4S. The molecule has 0 saturated carbocycles. The molecule has 1 fully saturated rings. The number of anilines is 3. The molecule has 4 heterocycles. The van der Waals surface area contributed by atoms with Gasteiger partial charge in [0, 0.05) is 18.8 Å². The fourth-order valence-corrected chi connectivity index (χ4v) is 6.00. The van der Waals surface area contributed by atoms with E-state index < -0.39 is 0 Å². The van der Waals surface area contributed by atoms with Crippen molar-refractivity contribution >= 4 is 50.6 Å². The Morgan fingerprint density at radius 3 is 2.76 bits per heavy atom. The van der Waals surface area contributed by atoms with Crippen molar-refractivity contribution < 1.29 is 19.1 Å². The minimum absolute atomic E-state index is 0.0659. The van der Waals surface area contributed by atoms with Crippen molar-refractivity contribution in [3.8, 4) is 17.2 Å². The minimum atomic E-state index is -0.335. The molecule has 2 aromatic heterocycles. The number of thiophene rings is 1. The normalized spacial score (nSPS) is 16.7. The van der Waals surface area contributed by atoms with E-state index in [2.05, 4.69) is 20.9 Å². The number of nitrogens with zero attached hydrogens (tertiary/aromatic N) is 2. The molecule has 2 aliphatic rings. The van der Waals surface area contributed by atoms with Crippen molar-refractivity contribution in [1.82, 2.24) is 15.6 Å². The van der Waals surface area contributed by atoms with Gasteiger partial charge in [0.2, 0.25) is 0 Å². The third kappa shape index (κ3) is 4.31. The Bertz CT molecular complexity index is 1550. The van der Waals surface area contributed by atoms with Crippen molar-refractivity contribution in [2.45, 2.75) is 25.8 Å². The molecule has 2 aromatic carbocycles. The minimum Gasteiger partial charge on any atom is -0.493 e. The summed E-state index contributed by atoms with van der Waals surface area (Å²) in [7, 11) is 1.60. The fourth-order valence-electron chi connectivity index (χ4n) is 4.98. The van der Waals surface area contributed by atoms with E-state index in [1.165, 1.54) is 11.3 Å². The highest BCUT2D eigenvalue weighted by Gasteiger charge is 2.33. The van der Waals surface area contributed by atoms with E-state index in [0.717, 1.165) is 36.9 Å². The SMILES string of the molecule is COc1ccccc1Oc1ccc(N2C(=O)Nc3c(C(=O)N[C@@H]4CCCNC4)sc4nccc2c34)c(C)c1. The molecule has 9 nitrogen and oxygen atoms in total. The summed E-state index contributed by atoms with van der Waals surface area (Å²) in [4.78, 5) is 34.0. The highest BCUT2D eigenvalue weighted by molar-refractivity contribution is 7.21. The van der Waals surface area contributed by atoms with Crippen LogP contribution in [0.3, 0.4) is 0 Å². The van der Waals surface area contributed by atoms with Crippen LogP contribution in [0.4, 0.5) is 21.9 Å². The topological polar surface area (TPSA) is 105 Å². The van der Waals surface area contributed by atoms with Crippen LogP contribution in [0.5, 0.6) is 17.2 Å². The molecule has 0 radical (unpaired) electrons. The average molecular weight is 530 g/mol. The summed E-state index contributed by atoms with van der Waals surface area (Å²) in [6.07, 6.45) is 3.62. The summed E-state index contributed by atoms with van der Waals surface area (Å²) in [5, 5.41) is 10.2. The number of nitrogens with one attached hydrogen (secondary N) is 3.